The number of nitrogens with zero attached hydrogens (tertiary/aromatic N) is 2. The zero-order chi connectivity index (χ0) is 23.6. The van der Waals surface area contributed by atoms with Gasteiger partial charge in [-0.3, -0.25) is 9.59 Å². The average molecular weight is 485 g/mol. The second-order valence-corrected chi connectivity index (χ2v) is 9.80. The van der Waals surface area contributed by atoms with Gasteiger partial charge in [-0.05, 0) is 54.1 Å². The number of imide groups is 1. The molecule has 0 saturated carbocycles. The zero-order valence-corrected chi connectivity index (χ0v) is 19.3. The lowest BCUT2D eigenvalue weighted by molar-refractivity contribution is -0.122. The molecule has 0 aromatic heterocycles. The van der Waals surface area contributed by atoms with Crippen molar-refractivity contribution in [3.8, 4) is 5.75 Å². The van der Waals surface area contributed by atoms with Gasteiger partial charge in [0.05, 0.1) is 24.1 Å². The number of halogens is 1. The molecule has 4 rings (SSSR count). The Bertz CT molecular complexity index is 1260. The number of amides is 2. The number of hydrogen-bond donors (Lipinski definition) is 0. The van der Waals surface area contributed by atoms with E-state index in [9.17, 15) is 18.0 Å². The topological polar surface area (TPSA) is 84.0 Å². The fourth-order valence-corrected chi connectivity index (χ4v) is 5.41. The van der Waals surface area contributed by atoms with Gasteiger partial charge in [0.15, 0.2) is 0 Å². The van der Waals surface area contributed by atoms with Crippen LogP contribution in [0.3, 0.4) is 0 Å². The smallest absolute Gasteiger partial charge is 0.252 e. The van der Waals surface area contributed by atoms with Crippen LogP contribution < -0.4 is 9.64 Å². The molecule has 1 heterocycles. The van der Waals surface area contributed by atoms with E-state index in [1.165, 1.54) is 31.4 Å². The molecule has 9 heteroatoms. The predicted molar refractivity (Wildman–Crippen MR) is 125 cm³/mol. The second kappa shape index (κ2) is 9.35. The van der Waals surface area contributed by atoms with Gasteiger partial charge in [0.2, 0.25) is 15.9 Å². The summed E-state index contributed by atoms with van der Waals surface area (Å²) >= 11 is 5.93. The number of benzene rings is 3. The summed E-state index contributed by atoms with van der Waals surface area (Å²) < 4.78 is 33.4. The van der Waals surface area contributed by atoms with Gasteiger partial charge in [-0.1, -0.05) is 41.9 Å². The van der Waals surface area contributed by atoms with Crippen molar-refractivity contribution in [3.05, 3.63) is 89.4 Å². The van der Waals surface area contributed by atoms with Crippen LogP contribution in [0.2, 0.25) is 5.02 Å². The Morgan fingerprint density at radius 1 is 0.970 bits per heavy atom. The van der Waals surface area contributed by atoms with Crippen LogP contribution >= 0.6 is 11.6 Å². The summed E-state index contributed by atoms with van der Waals surface area (Å²) in [6.45, 7) is -0.0636. The molecule has 0 N–H and O–H groups in total. The molecule has 0 radical (unpaired) electrons. The SMILES string of the molecule is COc1ccc(N2C(=O)CC(N(Cc3ccccc3)S(=O)(=O)c3ccc(Cl)cc3)C2=O)cc1. The number of rotatable bonds is 7. The fourth-order valence-electron chi connectivity index (χ4n) is 3.71. The number of sulfonamides is 1. The summed E-state index contributed by atoms with van der Waals surface area (Å²) in [6.07, 6.45) is -0.259. The molecule has 2 amide bonds. The van der Waals surface area contributed by atoms with Gasteiger partial charge in [0.25, 0.3) is 5.91 Å². The number of carbonyl (C=O) groups excluding carboxylic acids is 2. The first-order valence-electron chi connectivity index (χ1n) is 10.1. The monoisotopic (exact) mass is 484 g/mol. The molecule has 33 heavy (non-hydrogen) atoms. The Labute approximate surface area is 197 Å². The highest BCUT2D eigenvalue weighted by Gasteiger charge is 2.47. The minimum Gasteiger partial charge on any atom is -0.497 e. The van der Waals surface area contributed by atoms with Crippen molar-refractivity contribution in [1.29, 1.82) is 0 Å². The third-order valence-corrected chi connectivity index (χ3v) is 7.52. The summed E-state index contributed by atoms with van der Waals surface area (Å²) in [4.78, 5) is 27.3. The fraction of sp³-hybridized carbons (Fsp3) is 0.167. The van der Waals surface area contributed by atoms with Crippen molar-refractivity contribution >= 4 is 39.1 Å². The van der Waals surface area contributed by atoms with E-state index in [4.69, 9.17) is 16.3 Å². The standard InChI is InChI=1S/C24H21ClN2O5S/c1-32-20-11-9-19(10-12-20)27-23(28)15-22(24(27)29)26(16-17-5-3-2-4-6-17)33(30,31)21-13-7-18(25)8-14-21/h2-14,22H,15-16H2,1H3. The van der Waals surface area contributed by atoms with E-state index in [0.29, 0.717) is 22.0 Å². The van der Waals surface area contributed by atoms with Crippen molar-refractivity contribution in [3.63, 3.8) is 0 Å². The molecule has 7 nitrogen and oxygen atoms in total. The van der Waals surface area contributed by atoms with Crippen molar-refractivity contribution in [1.82, 2.24) is 4.31 Å². The minimum absolute atomic E-state index is 0.00835. The number of methoxy groups -OCH3 is 1. The van der Waals surface area contributed by atoms with Crippen LogP contribution in [-0.2, 0) is 26.2 Å². The summed E-state index contributed by atoms with van der Waals surface area (Å²) in [5, 5.41) is 0.390. The van der Waals surface area contributed by atoms with E-state index in [2.05, 4.69) is 0 Å². The first kappa shape index (κ1) is 23.0. The van der Waals surface area contributed by atoms with E-state index in [1.807, 2.05) is 6.07 Å². The maximum absolute atomic E-state index is 13.6. The van der Waals surface area contributed by atoms with Crippen LogP contribution in [0.4, 0.5) is 5.69 Å². The Balaban J connectivity index is 1.73. The predicted octanol–water partition coefficient (Wildman–Crippen LogP) is 3.87. The van der Waals surface area contributed by atoms with Crippen LogP contribution in [-0.4, -0.2) is 37.7 Å². The van der Waals surface area contributed by atoms with Crippen molar-refractivity contribution in [2.45, 2.75) is 23.9 Å². The van der Waals surface area contributed by atoms with Gasteiger partial charge in [-0.2, -0.15) is 4.31 Å². The third-order valence-electron chi connectivity index (χ3n) is 5.40. The molecule has 1 fully saturated rings. The molecule has 0 aliphatic carbocycles. The second-order valence-electron chi connectivity index (χ2n) is 7.48. The van der Waals surface area contributed by atoms with Gasteiger partial charge in [0, 0.05) is 11.6 Å². The molecular formula is C24H21ClN2O5S. The number of anilines is 1. The molecule has 170 valence electrons. The third kappa shape index (κ3) is 4.64. The summed E-state index contributed by atoms with van der Waals surface area (Å²) in [7, 11) is -2.60. The van der Waals surface area contributed by atoms with Gasteiger partial charge in [-0.15, -0.1) is 0 Å². The molecule has 0 spiro atoms. The Morgan fingerprint density at radius 3 is 2.21 bits per heavy atom. The Kier molecular flexibility index (Phi) is 6.51. The van der Waals surface area contributed by atoms with Gasteiger partial charge in [0.1, 0.15) is 11.8 Å². The lowest BCUT2D eigenvalue weighted by Crippen LogP contribution is -2.45. The minimum atomic E-state index is -4.12. The van der Waals surface area contributed by atoms with E-state index in [0.717, 1.165) is 9.21 Å². The lowest BCUT2D eigenvalue weighted by Gasteiger charge is -2.27. The molecule has 3 aromatic rings. The molecule has 1 aliphatic rings. The molecular weight excluding hydrogens is 464 g/mol. The van der Waals surface area contributed by atoms with E-state index >= 15 is 0 Å². The van der Waals surface area contributed by atoms with Crippen LogP contribution in [0.1, 0.15) is 12.0 Å². The maximum Gasteiger partial charge on any atom is 0.252 e. The Hall–Kier alpha value is -3.20. The van der Waals surface area contributed by atoms with Gasteiger partial charge < -0.3 is 4.74 Å². The molecule has 1 saturated heterocycles. The van der Waals surface area contributed by atoms with Crippen molar-refractivity contribution in [2.24, 2.45) is 0 Å². The largest absolute Gasteiger partial charge is 0.497 e. The highest BCUT2D eigenvalue weighted by atomic mass is 35.5. The molecule has 0 bridgehead atoms. The van der Waals surface area contributed by atoms with Crippen molar-refractivity contribution < 1.29 is 22.7 Å². The highest BCUT2D eigenvalue weighted by molar-refractivity contribution is 7.89. The molecule has 1 unspecified atom stereocenters. The first-order valence-corrected chi connectivity index (χ1v) is 12.0. The normalized spacial score (nSPS) is 16.5. The van der Waals surface area contributed by atoms with Crippen LogP contribution in [0.25, 0.3) is 0 Å². The quantitative estimate of drug-likeness (QED) is 0.475. The maximum atomic E-state index is 13.6. The summed E-state index contributed by atoms with van der Waals surface area (Å²) in [5.41, 5.74) is 1.05. The van der Waals surface area contributed by atoms with Crippen LogP contribution in [0.15, 0.2) is 83.8 Å². The van der Waals surface area contributed by atoms with E-state index in [1.54, 1.807) is 48.5 Å². The average Bonchev–Trinajstić information content (AvgIpc) is 3.11. The highest BCUT2D eigenvalue weighted by Crippen LogP contribution is 2.31. The van der Waals surface area contributed by atoms with Gasteiger partial charge >= 0.3 is 0 Å². The number of ether oxygens (including phenoxy) is 1. The van der Waals surface area contributed by atoms with Crippen LogP contribution in [0.5, 0.6) is 5.75 Å². The lowest BCUT2D eigenvalue weighted by atomic mass is 10.2. The van der Waals surface area contributed by atoms with Crippen LogP contribution in [0, 0.1) is 0 Å². The Morgan fingerprint density at radius 2 is 1.61 bits per heavy atom. The molecule has 3 aromatic carbocycles. The first-order chi connectivity index (χ1) is 15.8. The zero-order valence-electron chi connectivity index (χ0n) is 17.7. The summed E-state index contributed by atoms with van der Waals surface area (Å²) in [6, 6.07) is 19.9. The van der Waals surface area contributed by atoms with Crippen molar-refractivity contribution in [2.75, 3.05) is 12.0 Å². The molecule has 1 aliphatic heterocycles. The van der Waals surface area contributed by atoms with E-state index < -0.39 is 27.9 Å². The summed E-state index contributed by atoms with van der Waals surface area (Å²) in [5.74, 6) is -0.497. The van der Waals surface area contributed by atoms with Gasteiger partial charge in [-0.25, -0.2) is 13.3 Å². The number of hydrogen-bond acceptors (Lipinski definition) is 5. The van der Waals surface area contributed by atoms with E-state index in [-0.39, 0.29) is 17.9 Å². The molecule has 1 atom stereocenters. The number of carbonyl (C=O) groups is 2.